The van der Waals surface area contributed by atoms with Crippen LogP contribution in [-0.2, 0) is 0 Å². The van der Waals surface area contributed by atoms with Gasteiger partial charge in [-0.15, -0.1) is 12.6 Å². The van der Waals surface area contributed by atoms with Gasteiger partial charge in [-0.1, -0.05) is 36.4 Å². The highest BCUT2D eigenvalue weighted by atomic mass is 32.1. The van der Waals surface area contributed by atoms with E-state index in [1.54, 1.807) is 0 Å². The third kappa shape index (κ3) is 1.83. The predicted molar refractivity (Wildman–Crippen MR) is 77.3 cm³/mol. The first-order valence-corrected chi connectivity index (χ1v) is 6.11. The number of benzene rings is 2. The van der Waals surface area contributed by atoms with Crippen LogP contribution in [0.15, 0.2) is 64.3 Å². The minimum atomic E-state index is -0.0878. The van der Waals surface area contributed by atoms with Gasteiger partial charge in [0.1, 0.15) is 0 Å². The SMILES string of the molecule is O=c1[nH]c2ccccc2cc1-c1ccccc1S. The fourth-order valence-electron chi connectivity index (χ4n) is 2.05. The maximum Gasteiger partial charge on any atom is 0.256 e. The van der Waals surface area contributed by atoms with E-state index >= 15 is 0 Å². The fourth-order valence-corrected chi connectivity index (χ4v) is 2.33. The van der Waals surface area contributed by atoms with Gasteiger partial charge in [-0.3, -0.25) is 4.79 Å². The van der Waals surface area contributed by atoms with E-state index in [9.17, 15) is 4.79 Å². The summed E-state index contributed by atoms with van der Waals surface area (Å²) in [6.07, 6.45) is 0. The first-order chi connectivity index (χ1) is 8.75. The Balaban J connectivity index is 2.33. The Labute approximate surface area is 110 Å². The number of fused-ring (bicyclic) bond motifs is 1. The lowest BCUT2D eigenvalue weighted by Crippen LogP contribution is -2.08. The lowest BCUT2D eigenvalue weighted by molar-refractivity contribution is 1.29. The molecule has 2 aromatic carbocycles. The molecule has 0 saturated carbocycles. The maximum atomic E-state index is 12.1. The molecule has 0 bridgehead atoms. The van der Waals surface area contributed by atoms with Gasteiger partial charge < -0.3 is 4.98 Å². The summed E-state index contributed by atoms with van der Waals surface area (Å²) < 4.78 is 0. The highest BCUT2D eigenvalue weighted by molar-refractivity contribution is 7.80. The van der Waals surface area contributed by atoms with Crippen LogP contribution in [0.2, 0.25) is 0 Å². The molecule has 1 heterocycles. The fraction of sp³-hybridized carbons (Fsp3) is 0. The average Bonchev–Trinajstić information content (AvgIpc) is 2.39. The van der Waals surface area contributed by atoms with Crippen LogP contribution in [0.5, 0.6) is 0 Å². The molecule has 0 saturated heterocycles. The molecule has 2 nitrogen and oxygen atoms in total. The van der Waals surface area contributed by atoms with E-state index in [-0.39, 0.29) is 5.56 Å². The number of hydrogen-bond donors (Lipinski definition) is 2. The van der Waals surface area contributed by atoms with Crippen molar-refractivity contribution in [3.63, 3.8) is 0 Å². The molecule has 0 radical (unpaired) electrons. The van der Waals surface area contributed by atoms with Gasteiger partial charge in [-0.25, -0.2) is 0 Å². The second-order valence-electron chi connectivity index (χ2n) is 4.12. The van der Waals surface area contributed by atoms with E-state index in [0.29, 0.717) is 5.56 Å². The van der Waals surface area contributed by atoms with Crippen LogP contribution < -0.4 is 5.56 Å². The van der Waals surface area contributed by atoms with Gasteiger partial charge in [-0.2, -0.15) is 0 Å². The van der Waals surface area contributed by atoms with Crippen molar-refractivity contribution in [1.29, 1.82) is 0 Å². The predicted octanol–water partition coefficient (Wildman–Crippen LogP) is 3.48. The second kappa shape index (κ2) is 4.35. The molecule has 18 heavy (non-hydrogen) atoms. The average molecular weight is 253 g/mol. The molecule has 0 aliphatic rings. The second-order valence-corrected chi connectivity index (χ2v) is 4.60. The molecule has 0 unspecified atom stereocenters. The zero-order valence-corrected chi connectivity index (χ0v) is 10.4. The molecule has 3 heteroatoms. The van der Waals surface area contributed by atoms with Gasteiger partial charge in [0.05, 0.1) is 0 Å². The Hall–Kier alpha value is -2.00. The third-order valence-electron chi connectivity index (χ3n) is 2.95. The summed E-state index contributed by atoms with van der Waals surface area (Å²) in [5.74, 6) is 0. The van der Waals surface area contributed by atoms with Crippen LogP contribution in [0.4, 0.5) is 0 Å². The van der Waals surface area contributed by atoms with Crippen molar-refractivity contribution in [2.24, 2.45) is 0 Å². The van der Waals surface area contributed by atoms with E-state index < -0.39 is 0 Å². The van der Waals surface area contributed by atoms with Crippen LogP contribution in [0.3, 0.4) is 0 Å². The van der Waals surface area contributed by atoms with Gasteiger partial charge in [0, 0.05) is 21.5 Å². The van der Waals surface area contributed by atoms with Crippen molar-refractivity contribution in [1.82, 2.24) is 4.98 Å². The normalized spacial score (nSPS) is 10.7. The number of pyridine rings is 1. The Morgan fingerprint density at radius 2 is 1.61 bits per heavy atom. The van der Waals surface area contributed by atoms with Crippen molar-refractivity contribution in [2.45, 2.75) is 4.90 Å². The Morgan fingerprint density at radius 1 is 0.889 bits per heavy atom. The molecule has 1 N–H and O–H groups in total. The first kappa shape index (κ1) is 11.1. The minimum Gasteiger partial charge on any atom is -0.321 e. The number of rotatable bonds is 1. The van der Waals surface area contributed by atoms with Gasteiger partial charge in [0.15, 0.2) is 0 Å². The molecule has 3 rings (SSSR count). The number of H-pyrrole nitrogens is 1. The molecular formula is C15H11NOS. The van der Waals surface area contributed by atoms with Gasteiger partial charge in [0.2, 0.25) is 0 Å². The Bertz CT molecular complexity index is 777. The maximum absolute atomic E-state index is 12.1. The molecule has 0 aliphatic heterocycles. The summed E-state index contributed by atoms with van der Waals surface area (Å²) >= 11 is 4.40. The standard InChI is InChI=1S/C15H11NOS/c17-15-12(11-6-2-4-8-14(11)18)9-10-5-1-3-7-13(10)16-15/h1-9,18H,(H,16,17). The molecule has 0 aliphatic carbocycles. The number of thiol groups is 1. The highest BCUT2D eigenvalue weighted by Gasteiger charge is 2.07. The van der Waals surface area contributed by atoms with Gasteiger partial charge in [0.25, 0.3) is 5.56 Å². The number of aromatic amines is 1. The Morgan fingerprint density at radius 3 is 2.44 bits per heavy atom. The number of para-hydroxylation sites is 1. The quantitative estimate of drug-likeness (QED) is 0.639. The van der Waals surface area contributed by atoms with E-state index in [4.69, 9.17) is 0 Å². The van der Waals surface area contributed by atoms with Crippen LogP contribution in [0.25, 0.3) is 22.0 Å². The summed E-state index contributed by atoms with van der Waals surface area (Å²) in [5, 5.41) is 1.02. The monoisotopic (exact) mass is 253 g/mol. The lowest BCUT2D eigenvalue weighted by atomic mass is 10.1. The zero-order valence-electron chi connectivity index (χ0n) is 9.55. The third-order valence-corrected chi connectivity index (χ3v) is 3.34. The van der Waals surface area contributed by atoms with E-state index in [2.05, 4.69) is 17.6 Å². The van der Waals surface area contributed by atoms with Gasteiger partial charge in [-0.05, 0) is 23.6 Å². The van der Waals surface area contributed by atoms with Crippen LogP contribution >= 0.6 is 12.6 Å². The van der Waals surface area contributed by atoms with Crippen molar-refractivity contribution in [2.75, 3.05) is 0 Å². The first-order valence-electron chi connectivity index (χ1n) is 5.66. The largest absolute Gasteiger partial charge is 0.321 e. The molecular weight excluding hydrogens is 242 g/mol. The van der Waals surface area contributed by atoms with Crippen molar-refractivity contribution >= 4 is 23.5 Å². The van der Waals surface area contributed by atoms with Crippen molar-refractivity contribution < 1.29 is 0 Å². The van der Waals surface area contributed by atoms with Crippen LogP contribution in [-0.4, -0.2) is 4.98 Å². The van der Waals surface area contributed by atoms with Crippen LogP contribution in [0.1, 0.15) is 0 Å². The molecule has 0 fully saturated rings. The summed E-state index contributed by atoms with van der Waals surface area (Å²) in [5.41, 5.74) is 2.27. The van der Waals surface area contributed by atoms with E-state index in [1.807, 2.05) is 54.6 Å². The lowest BCUT2D eigenvalue weighted by Gasteiger charge is -2.05. The Kier molecular flexibility index (Phi) is 2.68. The number of aromatic nitrogens is 1. The topological polar surface area (TPSA) is 32.9 Å². The summed E-state index contributed by atoms with van der Waals surface area (Å²) in [6, 6.07) is 17.2. The van der Waals surface area contributed by atoms with Crippen molar-refractivity contribution in [3.8, 4) is 11.1 Å². The molecule has 3 aromatic rings. The molecule has 88 valence electrons. The smallest absolute Gasteiger partial charge is 0.256 e. The number of hydrogen-bond acceptors (Lipinski definition) is 2. The summed E-state index contributed by atoms with van der Waals surface area (Å²) in [7, 11) is 0. The van der Waals surface area contributed by atoms with Gasteiger partial charge >= 0.3 is 0 Å². The summed E-state index contributed by atoms with van der Waals surface area (Å²) in [6.45, 7) is 0. The number of nitrogens with one attached hydrogen (secondary N) is 1. The van der Waals surface area contributed by atoms with E-state index in [1.165, 1.54) is 0 Å². The molecule has 1 aromatic heterocycles. The minimum absolute atomic E-state index is 0.0878. The zero-order chi connectivity index (χ0) is 12.5. The highest BCUT2D eigenvalue weighted by Crippen LogP contribution is 2.25. The summed E-state index contributed by atoms with van der Waals surface area (Å²) in [4.78, 5) is 15.8. The van der Waals surface area contributed by atoms with Crippen molar-refractivity contribution in [3.05, 3.63) is 65.0 Å². The van der Waals surface area contributed by atoms with Crippen LogP contribution in [0, 0.1) is 0 Å². The molecule has 0 spiro atoms. The molecule has 0 atom stereocenters. The van der Waals surface area contributed by atoms with E-state index in [0.717, 1.165) is 21.4 Å². The molecule has 0 amide bonds.